The maximum Gasteiger partial charge on any atom is 0.247 e. The number of allylic oxidation sites excluding steroid dienone is 4. The zero-order valence-electron chi connectivity index (χ0n) is 20.6. The van der Waals surface area contributed by atoms with E-state index in [1.807, 2.05) is 65.2 Å². The SMILES string of the molecule is C#C/C(=C\C=C(/C)C#N)n1c(-c2ccccc2)nnc1C1CCC(c2nnc(-c3ccccc3)o2)CC1. The van der Waals surface area contributed by atoms with E-state index in [2.05, 4.69) is 32.4 Å². The van der Waals surface area contributed by atoms with Crippen LogP contribution in [-0.4, -0.2) is 25.0 Å². The number of benzene rings is 2. The quantitative estimate of drug-likeness (QED) is 0.178. The van der Waals surface area contributed by atoms with Crippen LogP contribution in [0.2, 0.25) is 0 Å². The maximum absolute atomic E-state index is 9.18. The highest BCUT2D eigenvalue weighted by molar-refractivity contribution is 5.71. The van der Waals surface area contributed by atoms with Crippen molar-refractivity contribution in [3.05, 3.63) is 90.1 Å². The topological polar surface area (TPSA) is 93.4 Å². The summed E-state index contributed by atoms with van der Waals surface area (Å²) in [6.07, 6.45) is 13.1. The van der Waals surface area contributed by atoms with Crippen LogP contribution in [0.3, 0.4) is 0 Å². The molecule has 37 heavy (non-hydrogen) atoms. The molecule has 0 saturated heterocycles. The molecule has 1 saturated carbocycles. The highest BCUT2D eigenvalue weighted by Gasteiger charge is 2.31. The second kappa shape index (κ2) is 10.9. The van der Waals surface area contributed by atoms with Crippen molar-refractivity contribution in [1.29, 1.82) is 5.26 Å². The van der Waals surface area contributed by atoms with Crippen molar-refractivity contribution in [3.63, 3.8) is 0 Å². The van der Waals surface area contributed by atoms with E-state index in [0.29, 0.717) is 28.9 Å². The molecule has 0 aliphatic heterocycles. The van der Waals surface area contributed by atoms with Crippen molar-refractivity contribution < 1.29 is 4.42 Å². The third kappa shape index (κ3) is 5.12. The van der Waals surface area contributed by atoms with Gasteiger partial charge >= 0.3 is 0 Å². The molecular formula is C30H26N6O. The molecule has 0 bridgehead atoms. The first kappa shape index (κ1) is 24.0. The predicted octanol–water partition coefficient (Wildman–Crippen LogP) is 6.38. The van der Waals surface area contributed by atoms with Crippen LogP contribution in [0, 0.1) is 23.7 Å². The third-order valence-electron chi connectivity index (χ3n) is 6.68. The molecule has 182 valence electrons. The van der Waals surface area contributed by atoms with Gasteiger partial charge in [0.1, 0.15) is 5.82 Å². The summed E-state index contributed by atoms with van der Waals surface area (Å²) in [7, 11) is 0. The van der Waals surface area contributed by atoms with Gasteiger partial charge in [0, 0.05) is 28.5 Å². The summed E-state index contributed by atoms with van der Waals surface area (Å²) in [6.45, 7) is 1.75. The molecule has 0 amide bonds. The second-order valence-corrected chi connectivity index (χ2v) is 9.10. The Morgan fingerprint density at radius 2 is 1.54 bits per heavy atom. The average Bonchev–Trinajstić information content (AvgIpc) is 3.63. The van der Waals surface area contributed by atoms with E-state index in [1.165, 1.54) is 0 Å². The van der Waals surface area contributed by atoms with Crippen LogP contribution >= 0.6 is 0 Å². The zero-order valence-corrected chi connectivity index (χ0v) is 20.6. The van der Waals surface area contributed by atoms with Gasteiger partial charge in [-0.3, -0.25) is 4.57 Å². The van der Waals surface area contributed by atoms with Gasteiger partial charge < -0.3 is 4.42 Å². The van der Waals surface area contributed by atoms with Crippen molar-refractivity contribution in [2.45, 2.75) is 44.4 Å². The van der Waals surface area contributed by atoms with Gasteiger partial charge in [-0.1, -0.05) is 54.5 Å². The summed E-state index contributed by atoms with van der Waals surface area (Å²) in [5.41, 5.74) is 3.01. The predicted molar refractivity (Wildman–Crippen MR) is 142 cm³/mol. The van der Waals surface area contributed by atoms with E-state index in [1.54, 1.807) is 19.1 Å². The number of nitrogens with zero attached hydrogens (tertiary/aromatic N) is 6. The Hall–Kier alpha value is -4.75. The fourth-order valence-electron chi connectivity index (χ4n) is 4.70. The molecule has 0 spiro atoms. The summed E-state index contributed by atoms with van der Waals surface area (Å²) < 4.78 is 7.99. The lowest BCUT2D eigenvalue weighted by Gasteiger charge is -2.26. The number of aromatic nitrogens is 5. The number of terminal acetylenes is 1. The van der Waals surface area contributed by atoms with E-state index in [-0.39, 0.29) is 11.8 Å². The Labute approximate surface area is 216 Å². The fourth-order valence-corrected chi connectivity index (χ4v) is 4.70. The fraction of sp³-hybridized carbons (Fsp3) is 0.233. The number of hydrogen-bond acceptors (Lipinski definition) is 6. The molecule has 4 aromatic rings. The number of hydrogen-bond donors (Lipinski definition) is 0. The molecule has 7 nitrogen and oxygen atoms in total. The molecule has 5 rings (SSSR count). The van der Waals surface area contributed by atoms with Crippen molar-refractivity contribution >= 4 is 5.70 Å². The summed E-state index contributed by atoms with van der Waals surface area (Å²) in [5, 5.41) is 26.9. The molecule has 0 N–H and O–H groups in total. The second-order valence-electron chi connectivity index (χ2n) is 9.10. The zero-order chi connectivity index (χ0) is 25.6. The monoisotopic (exact) mass is 486 g/mol. The largest absolute Gasteiger partial charge is 0.420 e. The van der Waals surface area contributed by atoms with Crippen LogP contribution in [-0.2, 0) is 0 Å². The Morgan fingerprint density at radius 1 is 0.892 bits per heavy atom. The molecule has 0 unspecified atom stereocenters. The highest BCUT2D eigenvalue weighted by Crippen LogP contribution is 2.41. The van der Waals surface area contributed by atoms with Gasteiger partial charge in [0.05, 0.1) is 11.8 Å². The van der Waals surface area contributed by atoms with Gasteiger partial charge in [-0.25, -0.2) is 0 Å². The first-order valence-electron chi connectivity index (χ1n) is 12.3. The van der Waals surface area contributed by atoms with E-state index < -0.39 is 0 Å². The van der Waals surface area contributed by atoms with Crippen molar-refractivity contribution in [3.8, 4) is 41.3 Å². The van der Waals surface area contributed by atoms with Crippen molar-refractivity contribution in [1.82, 2.24) is 25.0 Å². The van der Waals surface area contributed by atoms with Gasteiger partial charge in [-0.2, -0.15) is 5.26 Å². The molecular weight excluding hydrogens is 460 g/mol. The minimum absolute atomic E-state index is 0.176. The summed E-state index contributed by atoms with van der Waals surface area (Å²) in [4.78, 5) is 0. The Balaban J connectivity index is 1.41. The molecule has 7 heteroatoms. The lowest BCUT2D eigenvalue weighted by atomic mass is 9.81. The maximum atomic E-state index is 9.18. The van der Waals surface area contributed by atoms with E-state index in [0.717, 1.165) is 42.6 Å². The molecule has 0 radical (unpaired) electrons. The van der Waals surface area contributed by atoms with E-state index in [4.69, 9.17) is 10.8 Å². The lowest BCUT2D eigenvalue weighted by molar-refractivity contribution is 0.334. The first-order chi connectivity index (χ1) is 18.2. The molecule has 2 aromatic carbocycles. The van der Waals surface area contributed by atoms with E-state index in [9.17, 15) is 5.26 Å². The lowest BCUT2D eigenvalue weighted by Crippen LogP contribution is -2.16. The van der Waals surface area contributed by atoms with Crippen LogP contribution < -0.4 is 0 Å². The third-order valence-corrected chi connectivity index (χ3v) is 6.68. The van der Waals surface area contributed by atoms with Gasteiger partial charge in [0.15, 0.2) is 5.82 Å². The van der Waals surface area contributed by atoms with Crippen molar-refractivity contribution in [2.24, 2.45) is 0 Å². The summed E-state index contributed by atoms with van der Waals surface area (Å²) in [5.74, 6) is 5.92. The number of nitriles is 1. The molecule has 2 aromatic heterocycles. The standard InChI is InChI=1S/C30H26N6O/c1-3-26(19-14-21(2)20-31)36-27(22-10-6-4-7-11-22)32-33-28(36)23-15-17-25(18-16-23)30-35-34-29(37-30)24-12-8-5-9-13-24/h1,4-14,19,23,25H,15-18H2,2H3/b21-14+,26-19+. The molecule has 1 fully saturated rings. The highest BCUT2D eigenvalue weighted by atomic mass is 16.4. The van der Waals surface area contributed by atoms with Crippen LogP contribution in [0.5, 0.6) is 0 Å². The molecule has 1 aliphatic carbocycles. The Kier molecular flexibility index (Phi) is 7.05. The van der Waals surface area contributed by atoms with Gasteiger partial charge in [-0.15, -0.1) is 26.8 Å². The summed E-state index contributed by atoms with van der Waals surface area (Å²) >= 11 is 0. The number of rotatable bonds is 6. The van der Waals surface area contributed by atoms with Gasteiger partial charge in [0.25, 0.3) is 0 Å². The Morgan fingerprint density at radius 3 is 2.19 bits per heavy atom. The van der Waals surface area contributed by atoms with Gasteiger partial charge in [0.2, 0.25) is 11.8 Å². The Bertz CT molecular complexity index is 1510. The molecule has 2 heterocycles. The van der Waals surface area contributed by atoms with Crippen LogP contribution in [0.15, 0.2) is 82.8 Å². The minimum Gasteiger partial charge on any atom is -0.420 e. The average molecular weight is 487 g/mol. The summed E-state index contributed by atoms with van der Waals surface area (Å²) in [6, 6.07) is 21.8. The van der Waals surface area contributed by atoms with Gasteiger partial charge in [-0.05, 0) is 56.9 Å². The smallest absolute Gasteiger partial charge is 0.247 e. The molecule has 0 atom stereocenters. The first-order valence-corrected chi connectivity index (χ1v) is 12.3. The van der Waals surface area contributed by atoms with Crippen molar-refractivity contribution in [2.75, 3.05) is 0 Å². The minimum atomic E-state index is 0.176. The molecule has 1 aliphatic rings. The van der Waals surface area contributed by atoms with Crippen LogP contribution in [0.25, 0.3) is 28.5 Å². The van der Waals surface area contributed by atoms with Crippen LogP contribution in [0.4, 0.5) is 0 Å². The normalized spacial score (nSPS) is 18.2. The van der Waals surface area contributed by atoms with E-state index >= 15 is 0 Å². The van der Waals surface area contributed by atoms with Crippen LogP contribution in [0.1, 0.15) is 56.2 Å².